The number of carbonyl (C=O) groups excluding carboxylic acids is 1. The van der Waals surface area contributed by atoms with Gasteiger partial charge < -0.3 is 4.90 Å². The van der Waals surface area contributed by atoms with Crippen molar-refractivity contribution in [3.8, 4) is 0 Å². The van der Waals surface area contributed by atoms with E-state index in [1.807, 2.05) is 20.8 Å². The van der Waals surface area contributed by atoms with Gasteiger partial charge in [0.2, 0.25) is 5.91 Å². The highest BCUT2D eigenvalue weighted by atomic mass is 19.2. The maximum Gasteiger partial charge on any atom is 0.228 e. The normalized spacial score (nSPS) is 13.3. The fourth-order valence-corrected chi connectivity index (χ4v) is 1.70. The van der Waals surface area contributed by atoms with Crippen molar-refractivity contribution in [2.75, 3.05) is 7.05 Å². The molecule has 0 fully saturated rings. The first-order valence-corrected chi connectivity index (χ1v) is 5.87. The Labute approximate surface area is 107 Å². The van der Waals surface area contributed by atoms with Crippen molar-refractivity contribution < 1.29 is 13.6 Å². The molecule has 0 saturated carbocycles. The summed E-state index contributed by atoms with van der Waals surface area (Å²) in [5.74, 6) is -1.81. The van der Waals surface area contributed by atoms with Crippen LogP contribution >= 0.6 is 0 Å². The quantitative estimate of drug-likeness (QED) is 0.791. The highest BCUT2D eigenvalue weighted by Crippen LogP contribution is 2.25. The van der Waals surface area contributed by atoms with Crippen LogP contribution in [0.3, 0.4) is 0 Å². The summed E-state index contributed by atoms with van der Waals surface area (Å²) >= 11 is 0. The van der Waals surface area contributed by atoms with Crippen molar-refractivity contribution in [3.63, 3.8) is 0 Å². The largest absolute Gasteiger partial charge is 0.339 e. The molecule has 0 heterocycles. The second-order valence-corrected chi connectivity index (χ2v) is 5.52. The van der Waals surface area contributed by atoms with Crippen LogP contribution in [0.25, 0.3) is 0 Å². The van der Waals surface area contributed by atoms with E-state index in [1.165, 1.54) is 6.07 Å². The summed E-state index contributed by atoms with van der Waals surface area (Å²) in [6.07, 6.45) is 0. The molecule has 0 aliphatic heterocycles. The van der Waals surface area contributed by atoms with Gasteiger partial charge in [-0.2, -0.15) is 0 Å². The van der Waals surface area contributed by atoms with Crippen molar-refractivity contribution in [3.05, 3.63) is 35.4 Å². The summed E-state index contributed by atoms with van der Waals surface area (Å²) < 4.78 is 26.0. The Morgan fingerprint density at radius 2 is 1.78 bits per heavy atom. The van der Waals surface area contributed by atoms with Gasteiger partial charge in [-0.15, -0.1) is 0 Å². The van der Waals surface area contributed by atoms with E-state index in [2.05, 4.69) is 0 Å². The van der Waals surface area contributed by atoms with Crippen LogP contribution in [-0.4, -0.2) is 17.9 Å². The van der Waals surface area contributed by atoms with Crippen molar-refractivity contribution in [2.24, 2.45) is 5.41 Å². The van der Waals surface area contributed by atoms with Crippen LogP contribution in [0.5, 0.6) is 0 Å². The molecule has 0 saturated heterocycles. The summed E-state index contributed by atoms with van der Waals surface area (Å²) in [4.78, 5) is 13.6. The van der Waals surface area contributed by atoms with E-state index in [9.17, 15) is 13.6 Å². The summed E-state index contributed by atoms with van der Waals surface area (Å²) in [6.45, 7) is 7.26. The van der Waals surface area contributed by atoms with Crippen molar-refractivity contribution in [1.29, 1.82) is 0 Å². The monoisotopic (exact) mass is 255 g/mol. The molecule has 100 valence electrons. The summed E-state index contributed by atoms with van der Waals surface area (Å²) in [6, 6.07) is 3.41. The Hall–Kier alpha value is -1.45. The lowest BCUT2D eigenvalue weighted by atomic mass is 9.93. The van der Waals surface area contributed by atoms with Crippen molar-refractivity contribution >= 4 is 5.91 Å². The first kappa shape index (κ1) is 14.6. The van der Waals surface area contributed by atoms with E-state index in [0.29, 0.717) is 5.56 Å². The third kappa shape index (κ3) is 3.06. The Bertz CT molecular complexity index is 452. The number of hydrogen-bond acceptors (Lipinski definition) is 1. The fraction of sp³-hybridized carbons (Fsp3) is 0.500. The van der Waals surface area contributed by atoms with Crippen molar-refractivity contribution in [1.82, 2.24) is 4.90 Å². The number of nitrogens with zero attached hydrogens (tertiary/aromatic N) is 1. The van der Waals surface area contributed by atoms with E-state index in [4.69, 9.17) is 0 Å². The molecule has 0 radical (unpaired) electrons. The zero-order valence-electron chi connectivity index (χ0n) is 11.4. The Morgan fingerprint density at radius 3 is 2.22 bits per heavy atom. The van der Waals surface area contributed by atoms with Crippen LogP contribution < -0.4 is 0 Å². The first-order valence-electron chi connectivity index (χ1n) is 5.87. The third-order valence-corrected chi connectivity index (χ3v) is 2.97. The molecule has 1 aromatic rings. The number of halogens is 2. The molecular formula is C14H19F2NO. The number of benzene rings is 1. The van der Waals surface area contributed by atoms with Crippen molar-refractivity contribution in [2.45, 2.75) is 33.7 Å². The highest BCUT2D eigenvalue weighted by Gasteiger charge is 2.28. The second-order valence-electron chi connectivity index (χ2n) is 5.52. The maximum absolute atomic E-state index is 13.2. The smallest absolute Gasteiger partial charge is 0.228 e. The van der Waals surface area contributed by atoms with Gasteiger partial charge in [-0.3, -0.25) is 4.79 Å². The van der Waals surface area contributed by atoms with E-state index < -0.39 is 17.0 Å². The predicted molar refractivity (Wildman–Crippen MR) is 67.0 cm³/mol. The molecule has 1 amide bonds. The molecule has 18 heavy (non-hydrogen) atoms. The predicted octanol–water partition coefficient (Wildman–Crippen LogP) is 3.53. The van der Waals surface area contributed by atoms with Crippen LogP contribution in [0.1, 0.15) is 39.3 Å². The van der Waals surface area contributed by atoms with Gasteiger partial charge in [0.05, 0.1) is 6.04 Å². The molecule has 1 atom stereocenters. The zero-order valence-corrected chi connectivity index (χ0v) is 11.4. The van der Waals surface area contributed by atoms with E-state index in [0.717, 1.165) is 12.1 Å². The molecule has 0 spiro atoms. The molecule has 1 aromatic carbocycles. The van der Waals surface area contributed by atoms with Gasteiger partial charge in [-0.05, 0) is 24.6 Å². The van der Waals surface area contributed by atoms with Crippen LogP contribution in [-0.2, 0) is 4.79 Å². The van der Waals surface area contributed by atoms with Gasteiger partial charge in [-0.1, -0.05) is 26.8 Å². The average molecular weight is 255 g/mol. The third-order valence-electron chi connectivity index (χ3n) is 2.97. The lowest BCUT2D eigenvalue weighted by Gasteiger charge is -2.31. The minimum atomic E-state index is -0.893. The second kappa shape index (κ2) is 5.04. The number of amides is 1. The molecule has 0 aliphatic carbocycles. The van der Waals surface area contributed by atoms with Gasteiger partial charge in [0.1, 0.15) is 0 Å². The van der Waals surface area contributed by atoms with E-state index in [-0.39, 0.29) is 11.9 Å². The van der Waals surface area contributed by atoms with Crippen LogP contribution in [0.2, 0.25) is 0 Å². The van der Waals surface area contributed by atoms with Gasteiger partial charge in [-0.25, -0.2) is 8.78 Å². The van der Waals surface area contributed by atoms with Gasteiger partial charge >= 0.3 is 0 Å². The molecular weight excluding hydrogens is 236 g/mol. The molecule has 2 nitrogen and oxygen atoms in total. The van der Waals surface area contributed by atoms with Gasteiger partial charge in [0, 0.05) is 12.5 Å². The first-order chi connectivity index (χ1) is 8.14. The zero-order chi connectivity index (χ0) is 14.1. The summed E-state index contributed by atoms with van der Waals surface area (Å²) in [5, 5.41) is 0. The number of rotatable bonds is 2. The molecule has 1 rings (SSSR count). The molecule has 1 unspecified atom stereocenters. The van der Waals surface area contributed by atoms with Gasteiger partial charge in [0.25, 0.3) is 0 Å². The SMILES string of the molecule is CC(c1ccc(F)c(F)c1)N(C)C(=O)C(C)(C)C. The molecule has 4 heteroatoms. The minimum Gasteiger partial charge on any atom is -0.339 e. The van der Waals surface area contributed by atoms with Crippen LogP contribution in [0, 0.1) is 17.0 Å². The molecule has 0 bridgehead atoms. The summed E-state index contributed by atoms with van der Waals surface area (Å²) in [5.41, 5.74) is 0.0794. The Morgan fingerprint density at radius 1 is 1.22 bits per heavy atom. The topological polar surface area (TPSA) is 20.3 Å². The number of carbonyl (C=O) groups is 1. The van der Waals surface area contributed by atoms with E-state index >= 15 is 0 Å². The standard InChI is InChI=1S/C14H19F2NO/c1-9(17(5)13(18)14(2,3)4)10-6-7-11(15)12(16)8-10/h6-9H,1-5H3. The Balaban J connectivity index is 2.96. The minimum absolute atomic E-state index is 0.0419. The highest BCUT2D eigenvalue weighted by molar-refractivity contribution is 5.81. The lowest BCUT2D eigenvalue weighted by molar-refractivity contribution is -0.140. The molecule has 0 aromatic heterocycles. The van der Waals surface area contributed by atoms with Gasteiger partial charge in [0.15, 0.2) is 11.6 Å². The molecule has 0 aliphatic rings. The van der Waals surface area contributed by atoms with Crippen LogP contribution in [0.4, 0.5) is 8.78 Å². The van der Waals surface area contributed by atoms with E-state index in [1.54, 1.807) is 18.9 Å². The average Bonchev–Trinajstić information content (AvgIpc) is 2.28. The maximum atomic E-state index is 13.2. The van der Waals surface area contributed by atoms with Crippen LogP contribution in [0.15, 0.2) is 18.2 Å². The summed E-state index contributed by atoms with van der Waals surface area (Å²) in [7, 11) is 1.67. The molecule has 0 N–H and O–H groups in total. The Kier molecular flexibility index (Phi) is 4.09. The fourth-order valence-electron chi connectivity index (χ4n) is 1.70. The lowest BCUT2D eigenvalue weighted by Crippen LogP contribution is -2.38. The number of hydrogen-bond donors (Lipinski definition) is 0.